The summed E-state index contributed by atoms with van der Waals surface area (Å²) in [5.74, 6) is -0.448. The van der Waals surface area contributed by atoms with Crippen LogP contribution in [-0.2, 0) is 9.59 Å². The van der Waals surface area contributed by atoms with Crippen molar-refractivity contribution in [3.05, 3.63) is 69.8 Å². The van der Waals surface area contributed by atoms with E-state index in [1.165, 1.54) is 0 Å². The molecule has 6 heteroatoms. The number of ketones is 1. The Morgan fingerprint density at radius 3 is 2.38 bits per heavy atom. The van der Waals surface area contributed by atoms with E-state index in [4.69, 9.17) is 4.74 Å². The Hall–Kier alpha value is -3.12. The highest BCUT2D eigenvalue weighted by atomic mass is 16.5. The number of likely N-dealkylation sites (tertiary alicyclic amines) is 1. The minimum absolute atomic E-state index is 0.135. The second-order valence-corrected chi connectivity index (χ2v) is 9.57. The number of benzene rings is 2. The van der Waals surface area contributed by atoms with E-state index >= 15 is 0 Å². The summed E-state index contributed by atoms with van der Waals surface area (Å²) in [6, 6.07) is 10.8. The molecule has 1 saturated heterocycles. The fourth-order valence-corrected chi connectivity index (χ4v) is 4.61. The second-order valence-electron chi connectivity index (χ2n) is 9.57. The third-order valence-corrected chi connectivity index (χ3v) is 6.48. The fraction of sp³-hybridized carbons (Fsp3) is 0.429. The van der Waals surface area contributed by atoms with Crippen molar-refractivity contribution < 1.29 is 19.4 Å². The summed E-state index contributed by atoms with van der Waals surface area (Å²) in [6.07, 6.45) is 0.724. The SMILES string of the molecule is COc1cc(C)c(/C(O)=C2\C(=O)C(=O)N(CCCN(C)C)C2c2ccccc2C)cc1C(C)C. The molecule has 3 rings (SSSR count). The number of rotatable bonds is 8. The van der Waals surface area contributed by atoms with E-state index in [-0.39, 0.29) is 17.3 Å². The third-order valence-electron chi connectivity index (χ3n) is 6.48. The molecule has 1 fully saturated rings. The van der Waals surface area contributed by atoms with Gasteiger partial charge in [-0.1, -0.05) is 38.1 Å². The van der Waals surface area contributed by atoms with Crippen molar-refractivity contribution in [2.75, 3.05) is 34.3 Å². The molecule has 182 valence electrons. The van der Waals surface area contributed by atoms with E-state index in [0.29, 0.717) is 12.1 Å². The van der Waals surface area contributed by atoms with Crippen molar-refractivity contribution in [2.45, 2.75) is 46.1 Å². The molecule has 1 N–H and O–H groups in total. The number of aliphatic hydroxyl groups excluding tert-OH is 1. The molecular weight excluding hydrogens is 428 g/mol. The Kier molecular flexibility index (Phi) is 7.82. The van der Waals surface area contributed by atoms with Crippen molar-refractivity contribution in [2.24, 2.45) is 0 Å². The van der Waals surface area contributed by atoms with Crippen LogP contribution >= 0.6 is 0 Å². The molecule has 6 nitrogen and oxygen atoms in total. The van der Waals surface area contributed by atoms with Crippen LogP contribution in [0.3, 0.4) is 0 Å². The van der Waals surface area contributed by atoms with E-state index in [1.807, 2.05) is 83.1 Å². The number of aliphatic hydroxyl groups is 1. The number of amides is 1. The first kappa shape index (κ1) is 25.5. The van der Waals surface area contributed by atoms with Crippen LogP contribution in [0.2, 0.25) is 0 Å². The predicted molar refractivity (Wildman–Crippen MR) is 135 cm³/mol. The summed E-state index contributed by atoms with van der Waals surface area (Å²) in [5.41, 5.74) is 4.22. The zero-order valence-corrected chi connectivity index (χ0v) is 21.3. The van der Waals surface area contributed by atoms with Crippen LogP contribution in [0, 0.1) is 13.8 Å². The molecule has 1 aliphatic rings. The minimum Gasteiger partial charge on any atom is -0.507 e. The Morgan fingerprint density at radius 1 is 1.12 bits per heavy atom. The van der Waals surface area contributed by atoms with Gasteiger partial charge in [0.25, 0.3) is 11.7 Å². The molecule has 1 unspecified atom stereocenters. The van der Waals surface area contributed by atoms with Crippen LogP contribution in [0.5, 0.6) is 5.75 Å². The van der Waals surface area contributed by atoms with E-state index in [0.717, 1.165) is 41.0 Å². The number of hydrogen-bond acceptors (Lipinski definition) is 5. The predicted octanol–water partition coefficient (Wildman–Crippen LogP) is 4.81. The van der Waals surface area contributed by atoms with Gasteiger partial charge >= 0.3 is 0 Å². The van der Waals surface area contributed by atoms with Crippen LogP contribution in [0.15, 0.2) is 42.0 Å². The summed E-state index contributed by atoms with van der Waals surface area (Å²) in [4.78, 5) is 30.2. The monoisotopic (exact) mass is 464 g/mol. The van der Waals surface area contributed by atoms with Crippen LogP contribution in [0.25, 0.3) is 5.76 Å². The summed E-state index contributed by atoms with van der Waals surface area (Å²) in [6.45, 7) is 9.15. The number of carbonyl (C=O) groups is 2. The second kappa shape index (κ2) is 10.4. The number of Topliss-reactive ketones (excluding diaryl/α,β-unsaturated/α-hetero) is 1. The van der Waals surface area contributed by atoms with Gasteiger partial charge in [0.05, 0.1) is 18.7 Å². The number of carbonyl (C=O) groups excluding carboxylic acids is 2. The lowest BCUT2D eigenvalue weighted by Gasteiger charge is -2.27. The molecule has 0 aromatic heterocycles. The van der Waals surface area contributed by atoms with Gasteiger partial charge in [0.2, 0.25) is 0 Å². The van der Waals surface area contributed by atoms with E-state index < -0.39 is 17.7 Å². The first-order chi connectivity index (χ1) is 16.1. The van der Waals surface area contributed by atoms with Crippen molar-refractivity contribution >= 4 is 17.4 Å². The van der Waals surface area contributed by atoms with Crippen molar-refractivity contribution in [1.82, 2.24) is 9.80 Å². The van der Waals surface area contributed by atoms with Crippen molar-refractivity contribution in [1.29, 1.82) is 0 Å². The molecule has 0 saturated carbocycles. The smallest absolute Gasteiger partial charge is 0.295 e. The lowest BCUT2D eigenvalue weighted by atomic mass is 9.90. The maximum absolute atomic E-state index is 13.3. The van der Waals surface area contributed by atoms with Gasteiger partial charge in [0, 0.05) is 12.1 Å². The highest BCUT2D eigenvalue weighted by molar-refractivity contribution is 6.46. The molecular formula is C28H36N2O4. The van der Waals surface area contributed by atoms with Gasteiger partial charge < -0.3 is 19.6 Å². The zero-order chi connectivity index (χ0) is 25.2. The molecule has 1 heterocycles. The van der Waals surface area contributed by atoms with E-state index in [1.54, 1.807) is 12.0 Å². The van der Waals surface area contributed by atoms with Crippen LogP contribution in [0.4, 0.5) is 0 Å². The quantitative estimate of drug-likeness (QED) is 0.345. The van der Waals surface area contributed by atoms with E-state index in [2.05, 4.69) is 0 Å². The number of aryl methyl sites for hydroxylation is 2. The van der Waals surface area contributed by atoms with Gasteiger partial charge in [-0.3, -0.25) is 9.59 Å². The van der Waals surface area contributed by atoms with E-state index in [9.17, 15) is 14.7 Å². The molecule has 0 bridgehead atoms. The number of methoxy groups -OCH3 is 1. The molecule has 2 aromatic carbocycles. The highest BCUT2D eigenvalue weighted by Gasteiger charge is 2.46. The van der Waals surface area contributed by atoms with Gasteiger partial charge in [-0.05, 0) is 81.2 Å². The fourth-order valence-electron chi connectivity index (χ4n) is 4.61. The van der Waals surface area contributed by atoms with Gasteiger partial charge in [0.15, 0.2) is 0 Å². The van der Waals surface area contributed by atoms with Crippen LogP contribution in [-0.4, -0.2) is 60.9 Å². The molecule has 1 atom stereocenters. The maximum Gasteiger partial charge on any atom is 0.295 e. The largest absolute Gasteiger partial charge is 0.507 e. The number of nitrogens with zero attached hydrogens (tertiary/aromatic N) is 2. The van der Waals surface area contributed by atoms with Gasteiger partial charge in [0.1, 0.15) is 11.5 Å². The average Bonchev–Trinajstić information content (AvgIpc) is 3.03. The molecule has 1 aliphatic heterocycles. The lowest BCUT2D eigenvalue weighted by Crippen LogP contribution is -2.32. The highest BCUT2D eigenvalue weighted by Crippen LogP contribution is 2.42. The third kappa shape index (κ3) is 4.87. The summed E-state index contributed by atoms with van der Waals surface area (Å²) >= 11 is 0. The molecule has 1 amide bonds. The first-order valence-electron chi connectivity index (χ1n) is 11.8. The van der Waals surface area contributed by atoms with Crippen molar-refractivity contribution in [3.63, 3.8) is 0 Å². The lowest BCUT2D eigenvalue weighted by molar-refractivity contribution is -0.139. The maximum atomic E-state index is 13.3. The Labute approximate surface area is 202 Å². The number of ether oxygens (including phenoxy) is 1. The van der Waals surface area contributed by atoms with Gasteiger partial charge in [-0.2, -0.15) is 0 Å². The Bertz CT molecular complexity index is 1120. The molecule has 34 heavy (non-hydrogen) atoms. The minimum atomic E-state index is -0.642. The van der Waals surface area contributed by atoms with Gasteiger partial charge in [-0.25, -0.2) is 0 Å². The number of hydrogen-bond donors (Lipinski definition) is 1. The van der Waals surface area contributed by atoms with Gasteiger partial charge in [-0.15, -0.1) is 0 Å². The Morgan fingerprint density at radius 2 is 1.79 bits per heavy atom. The molecule has 0 spiro atoms. The molecule has 0 radical (unpaired) electrons. The normalized spacial score (nSPS) is 17.8. The standard InChI is InChI=1S/C28H36N2O4/c1-17(2)21-16-22(19(4)15-23(21)34-7)26(31)24-25(20-12-9-8-11-18(20)3)30(28(33)27(24)32)14-10-13-29(5)6/h8-9,11-12,15-17,25,31H,10,13-14H2,1-7H3/b26-24+. The average molecular weight is 465 g/mol. The summed E-state index contributed by atoms with van der Waals surface area (Å²) in [5, 5.41) is 11.5. The molecule has 0 aliphatic carbocycles. The van der Waals surface area contributed by atoms with Crippen LogP contribution in [0.1, 0.15) is 60.0 Å². The summed E-state index contributed by atoms with van der Waals surface area (Å²) < 4.78 is 5.54. The Balaban J connectivity index is 2.21. The van der Waals surface area contributed by atoms with Crippen LogP contribution < -0.4 is 4.74 Å². The first-order valence-corrected chi connectivity index (χ1v) is 11.8. The molecule has 2 aromatic rings. The zero-order valence-electron chi connectivity index (χ0n) is 21.3. The summed E-state index contributed by atoms with van der Waals surface area (Å²) in [7, 11) is 5.58. The van der Waals surface area contributed by atoms with Crippen molar-refractivity contribution in [3.8, 4) is 5.75 Å². The topological polar surface area (TPSA) is 70.1 Å².